The van der Waals surface area contributed by atoms with Crippen LogP contribution in [0.5, 0.6) is 0 Å². The smallest absolute Gasteiger partial charge is 0.332 e. The molecule has 0 aromatic carbocycles. The molecule has 0 aliphatic rings. The van der Waals surface area contributed by atoms with E-state index in [0.717, 1.165) is 13.0 Å². The number of ether oxygens (including phenoxy) is 1. The number of halogens is 3. The normalized spacial score (nSPS) is 12.0. The highest BCUT2D eigenvalue weighted by atomic mass is 19.4. The molecule has 0 unspecified atom stereocenters. The van der Waals surface area contributed by atoms with Crippen LogP contribution in [0, 0.1) is 0 Å². The minimum absolute atomic E-state index is 0.142. The lowest BCUT2D eigenvalue weighted by Gasteiger charge is -2.10. The SMILES string of the molecule is CCCNCc1nccn1CCOC(F)(F)F. The molecule has 0 aliphatic carbocycles. The summed E-state index contributed by atoms with van der Waals surface area (Å²) in [5, 5.41) is 3.14. The van der Waals surface area contributed by atoms with E-state index in [1.54, 1.807) is 17.0 Å². The molecule has 1 aromatic heterocycles. The number of aromatic nitrogens is 2. The molecule has 4 nitrogen and oxygen atoms in total. The lowest BCUT2D eigenvalue weighted by atomic mass is 10.4. The highest BCUT2D eigenvalue weighted by Gasteiger charge is 2.28. The summed E-state index contributed by atoms with van der Waals surface area (Å²) in [5.74, 6) is 0.712. The van der Waals surface area contributed by atoms with Gasteiger partial charge in [-0.05, 0) is 13.0 Å². The predicted octanol–water partition coefficient (Wildman–Crippen LogP) is 1.92. The Morgan fingerprint density at radius 1 is 1.47 bits per heavy atom. The van der Waals surface area contributed by atoms with E-state index in [-0.39, 0.29) is 6.54 Å². The van der Waals surface area contributed by atoms with E-state index in [9.17, 15) is 13.2 Å². The zero-order chi connectivity index (χ0) is 12.7. The predicted molar refractivity (Wildman–Crippen MR) is 56.2 cm³/mol. The van der Waals surface area contributed by atoms with Gasteiger partial charge in [0.25, 0.3) is 0 Å². The molecule has 7 heteroatoms. The van der Waals surface area contributed by atoms with Crippen molar-refractivity contribution in [1.82, 2.24) is 14.9 Å². The largest absolute Gasteiger partial charge is 0.522 e. The fourth-order valence-corrected chi connectivity index (χ4v) is 1.35. The van der Waals surface area contributed by atoms with Crippen molar-refractivity contribution in [2.24, 2.45) is 0 Å². The molecule has 0 amide bonds. The summed E-state index contributed by atoms with van der Waals surface area (Å²) >= 11 is 0. The Balaban J connectivity index is 2.35. The maximum atomic E-state index is 11.8. The van der Waals surface area contributed by atoms with E-state index in [4.69, 9.17) is 0 Å². The Labute approximate surface area is 97.8 Å². The van der Waals surface area contributed by atoms with Gasteiger partial charge in [0, 0.05) is 18.9 Å². The van der Waals surface area contributed by atoms with Gasteiger partial charge >= 0.3 is 6.36 Å². The standard InChI is InChI=1S/C10H16F3N3O/c1-2-3-14-8-9-15-4-5-16(9)6-7-17-10(11,12)13/h4-5,14H,2-3,6-8H2,1H3. The summed E-state index contributed by atoms with van der Waals surface area (Å²) in [7, 11) is 0. The number of nitrogens with zero attached hydrogens (tertiary/aromatic N) is 2. The Hall–Kier alpha value is -1.08. The minimum Gasteiger partial charge on any atom is -0.332 e. The van der Waals surface area contributed by atoms with Gasteiger partial charge in [-0.2, -0.15) is 0 Å². The summed E-state index contributed by atoms with van der Waals surface area (Å²) in [6, 6.07) is 0. The summed E-state index contributed by atoms with van der Waals surface area (Å²) in [4.78, 5) is 4.07. The fraction of sp³-hybridized carbons (Fsp3) is 0.700. The van der Waals surface area contributed by atoms with Crippen LogP contribution in [0.2, 0.25) is 0 Å². The first-order valence-electron chi connectivity index (χ1n) is 5.44. The van der Waals surface area contributed by atoms with Crippen LogP contribution in [0.1, 0.15) is 19.2 Å². The fourth-order valence-electron chi connectivity index (χ4n) is 1.35. The molecule has 1 heterocycles. The third-order valence-corrected chi connectivity index (χ3v) is 2.11. The Morgan fingerprint density at radius 2 is 2.24 bits per heavy atom. The second-order valence-corrected chi connectivity index (χ2v) is 3.51. The molecular weight excluding hydrogens is 235 g/mol. The Morgan fingerprint density at radius 3 is 2.88 bits per heavy atom. The molecule has 0 radical (unpaired) electrons. The first-order valence-corrected chi connectivity index (χ1v) is 5.44. The van der Waals surface area contributed by atoms with E-state index in [1.165, 1.54) is 0 Å². The van der Waals surface area contributed by atoms with Crippen LogP contribution in [0.25, 0.3) is 0 Å². The molecule has 0 saturated carbocycles. The Kier molecular flexibility index (Phi) is 5.43. The molecule has 0 spiro atoms. The van der Waals surface area contributed by atoms with E-state index in [2.05, 4.69) is 15.0 Å². The molecule has 17 heavy (non-hydrogen) atoms. The van der Waals surface area contributed by atoms with Crippen molar-refractivity contribution in [3.05, 3.63) is 18.2 Å². The van der Waals surface area contributed by atoms with Gasteiger partial charge < -0.3 is 9.88 Å². The third-order valence-electron chi connectivity index (χ3n) is 2.11. The van der Waals surface area contributed by atoms with Crippen LogP contribution in [-0.2, 0) is 17.8 Å². The van der Waals surface area contributed by atoms with Gasteiger partial charge in [-0.25, -0.2) is 4.98 Å². The lowest BCUT2D eigenvalue weighted by Crippen LogP contribution is -2.21. The highest BCUT2D eigenvalue weighted by Crippen LogP contribution is 2.15. The zero-order valence-corrected chi connectivity index (χ0v) is 9.63. The summed E-state index contributed by atoms with van der Waals surface area (Å²) in [5.41, 5.74) is 0. The van der Waals surface area contributed by atoms with Gasteiger partial charge in [0.05, 0.1) is 13.2 Å². The Bertz CT molecular complexity index is 325. The van der Waals surface area contributed by atoms with Crippen molar-refractivity contribution in [2.45, 2.75) is 32.8 Å². The maximum Gasteiger partial charge on any atom is 0.522 e. The van der Waals surface area contributed by atoms with Crippen molar-refractivity contribution in [3.8, 4) is 0 Å². The summed E-state index contributed by atoms with van der Waals surface area (Å²) < 4.78 is 40.7. The molecule has 1 aromatic rings. The van der Waals surface area contributed by atoms with Crippen LogP contribution >= 0.6 is 0 Å². The van der Waals surface area contributed by atoms with Crippen molar-refractivity contribution < 1.29 is 17.9 Å². The van der Waals surface area contributed by atoms with Gasteiger partial charge in [0.15, 0.2) is 0 Å². The van der Waals surface area contributed by atoms with Crippen LogP contribution in [0.4, 0.5) is 13.2 Å². The van der Waals surface area contributed by atoms with E-state index in [0.29, 0.717) is 12.4 Å². The number of imidazole rings is 1. The van der Waals surface area contributed by atoms with Crippen molar-refractivity contribution in [1.29, 1.82) is 0 Å². The number of alkyl halides is 3. The van der Waals surface area contributed by atoms with E-state index < -0.39 is 13.0 Å². The van der Waals surface area contributed by atoms with Crippen LogP contribution in [0.3, 0.4) is 0 Å². The molecule has 1 rings (SSSR count). The molecule has 98 valence electrons. The van der Waals surface area contributed by atoms with E-state index in [1.807, 2.05) is 6.92 Å². The second kappa shape index (κ2) is 6.61. The summed E-state index contributed by atoms with van der Waals surface area (Å²) in [6.45, 7) is 3.18. The number of hydrogen-bond acceptors (Lipinski definition) is 3. The van der Waals surface area contributed by atoms with Gasteiger partial charge in [0.1, 0.15) is 5.82 Å². The first-order chi connectivity index (χ1) is 8.03. The van der Waals surface area contributed by atoms with Crippen LogP contribution < -0.4 is 5.32 Å². The molecule has 0 atom stereocenters. The molecular formula is C10H16F3N3O. The molecule has 0 fully saturated rings. The quantitative estimate of drug-likeness (QED) is 0.752. The molecule has 0 saturated heterocycles. The third kappa shape index (κ3) is 5.69. The highest BCUT2D eigenvalue weighted by molar-refractivity contribution is 4.91. The average Bonchev–Trinajstić information content (AvgIpc) is 2.64. The molecule has 0 aliphatic heterocycles. The van der Waals surface area contributed by atoms with Crippen LogP contribution in [-0.4, -0.2) is 29.1 Å². The van der Waals surface area contributed by atoms with Crippen molar-refractivity contribution >= 4 is 0 Å². The molecule has 0 bridgehead atoms. The van der Waals surface area contributed by atoms with Gasteiger partial charge in [-0.3, -0.25) is 4.74 Å². The molecule has 1 N–H and O–H groups in total. The van der Waals surface area contributed by atoms with Gasteiger partial charge in [0.2, 0.25) is 0 Å². The minimum atomic E-state index is -4.57. The topological polar surface area (TPSA) is 39.1 Å². The average molecular weight is 251 g/mol. The second-order valence-electron chi connectivity index (χ2n) is 3.51. The van der Waals surface area contributed by atoms with Crippen molar-refractivity contribution in [2.75, 3.05) is 13.2 Å². The number of rotatable bonds is 7. The summed E-state index contributed by atoms with van der Waals surface area (Å²) in [6.07, 6.45) is -0.363. The van der Waals surface area contributed by atoms with Crippen molar-refractivity contribution in [3.63, 3.8) is 0 Å². The van der Waals surface area contributed by atoms with Gasteiger partial charge in [-0.15, -0.1) is 13.2 Å². The van der Waals surface area contributed by atoms with Gasteiger partial charge in [-0.1, -0.05) is 6.92 Å². The maximum absolute atomic E-state index is 11.8. The van der Waals surface area contributed by atoms with E-state index >= 15 is 0 Å². The number of hydrogen-bond donors (Lipinski definition) is 1. The lowest BCUT2D eigenvalue weighted by molar-refractivity contribution is -0.325. The first kappa shape index (κ1) is 14.0. The number of nitrogens with one attached hydrogen (secondary N) is 1. The monoisotopic (exact) mass is 251 g/mol. The zero-order valence-electron chi connectivity index (χ0n) is 9.63. The van der Waals surface area contributed by atoms with Crippen LogP contribution in [0.15, 0.2) is 12.4 Å².